The largest absolute Gasteiger partial charge is 0.397 e. The van der Waals surface area contributed by atoms with Crippen LogP contribution in [0.15, 0.2) is 46.9 Å². The van der Waals surface area contributed by atoms with E-state index in [4.69, 9.17) is 17.3 Å². The Hall–Kier alpha value is -1.19. The van der Waals surface area contributed by atoms with Gasteiger partial charge in [-0.15, -0.1) is 0 Å². The minimum atomic E-state index is 0.146. The van der Waals surface area contributed by atoms with Crippen LogP contribution >= 0.6 is 27.5 Å². The van der Waals surface area contributed by atoms with E-state index in [1.165, 1.54) is 0 Å². The van der Waals surface area contributed by atoms with Crippen molar-refractivity contribution < 1.29 is 0 Å². The first-order valence-corrected chi connectivity index (χ1v) is 6.80. The molecule has 0 heterocycles. The van der Waals surface area contributed by atoms with Crippen LogP contribution in [0.5, 0.6) is 0 Å². The predicted octanol–water partition coefficient (Wildman–Crippen LogP) is 4.86. The first-order chi connectivity index (χ1) is 8.56. The first-order valence-electron chi connectivity index (χ1n) is 5.63. The van der Waals surface area contributed by atoms with Crippen molar-refractivity contribution >= 4 is 38.9 Å². The minimum absolute atomic E-state index is 0.146. The number of nitrogen functional groups attached to an aromatic ring is 1. The number of nitrogens with two attached hydrogens (primary N) is 1. The van der Waals surface area contributed by atoms with E-state index < -0.39 is 0 Å². The fraction of sp³-hybridized carbons (Fsp3) is 0.143. The number of hydrogen-bond donors (Lipinski definition) is 2. The molecule has 2 aromatic rings. The summed E-state index contributed by atoms with van der Waals surface area (Å²) >= 11 is 9.38. The molecule has 0 aliphatic rings. The van der Waals surface area contributed by atoms with Crippen LogP contribution in [0.3, 0.4) is 0 Å². The van der Waals surface area contributed by atoms with Crippen LogP contribution in [0, 0.1) is 0 Å². The molecule has 2 nitrogen and oxygen atoms in total. The molecule has 1 atom stereocenters. The van der Waals surface area contributed by atoms with Crippen LogP contribution < -0.4 is 11.1 Å². The van der Waals surface area contributed by atoms with Crippen molar-refractivity contribution in [3.63, 3.8) is 0 Å². The Labute approximate surface area is 120 Å². The molecule has 0 spiro atoms. The quantitative estimate of drug-likeness (QED) is 0.791. The second-order valence-corrected chi connectivity index (χ2v) is 5.50. The zero-order valence-corrected chi connectivity index (χ0v) is 12.3. The summed E-state index contributed by atoms with van der Waals surface area (Å²) in [5.41, 5.74) is 8.73. The molecule has 1 unspecified atom stereocenters. The maximum atomic E-state index is 5.99. The summed E-state index contributed by atoms with van der Waals surface area (Å²) < 4.78 is 0.973. The summed E-state index contributed by atoms with van der Waals surface area (Å²) in [5, 5.41) is 4.12. The molecule has 0 radical (unpaired) electrons. The Kier molecular flexibility index (Phi) is 4.15. The molecule has 0 fully saturated rings. The molecule has 0 saturated carbocycles. The maximum Gasteiger partial charge on any atom is 0.0579 e. The molecule has 0 aliphatic carbocycles. The van der Waals surface area contributed by atoms with Crippen molar-refractivity contribution in [2.24, 2.45) is 0 Å². The Morgan fingerprint density at radius 3 is 2.67 bits per heavy atom. The topological polar surface area (TPSA) is 38.0 Å². The van der Waals surface area contributed by atoms with Gasteiger partial charge >= 0.3 is 0 Å². The van der Waals surface area contributed by atoms with Gasteiger partial charge < -0.3 is 11.1 Å². The smallest absolute Gasteiger partial charge is 0.0579 e. The Bertz CT molecular complexity index is 557. The molecule has 2 rings (SSSR count). The fourth-order valence-electron chi connectivity index (χ4n) is 1.76. The number of hydrogen-bond acceptors (Lipinski definition) is 2. The van der Waals surface area contributed by atoms with Gasteiger partial charge in [0.05, 0.1) is 11.4 Å². The lowest BCUT2D eigenvalue weighted by Crippen LogP contribution is -2.08. The molecule has 0 aromatic heterocycles. The summed E-state index contributed by atoms with van der Waals surface area (Å²) in [7, 11) is 0. The SMILES string of the molecule is CC(Nc1ccc(Br)cc1N)c1cccc(Cl)c1. The highest BCUT2D eigenvalue weighted by Gasteiger charge is 2.07. The maximum absolute atomic E-state index is 5.99. The Morgan fingerprint density at radius 2 is 2.00 bits per heavy atom. The standard InChI is InChI=1S/C14H14BrClN2/c1-9(10-3-2-4-12(16)7-10)18-14-6-5-11(15)8-13(14)17/h2-9,18H,17H2,1H3. The summed E-state index contributed by atoms with van der Waals surface area (Å²) in [6.07, 6.45) is 0. The van der Waals surface area contributed by atoms with Gasteiger partial charge in [-0.1, -0.05) is 39.7 Å². The van der Waals surface area contributed by atoms with E-state index in [0.29, 0.717) is 0 Å². The second-order valence-electron chi connectivity index (χ2n) is 4.15. The van der Waals surface area contributed by atoms with Crippen molar-refractivity contribution in [1.29, 1.82) is 0 Å². The van der Waals surface area contributed by atoms with Crippen LogP contribution in [0.1, 0.15) is 18.5 Å². The fourth-order valence-corrected chi connectivity index (χ4v) is 2.34. The molecular formula is C14H14BrClN2. The third-order valence-corrected chi connectivity index (χ3v) is 3.46. The van der Waals surface area contributed by atoms with Gasteiger partial charge in [-0.2, -0.15) is 0 Å². The van der Waals surface area contributed by atoms with Crippen molar-refractivity contribution in [2.45, 2.75) is 13.0 Å². The van der Waals surface area contributed by atoms with Gasteiger partial charge in [0, 0.05) is 15.5 Å². The number of nitrogens with one attached hydrogen (secondary N) is 1. The van der Waals surface area contributed by atoms with Gasteiger partial charge in [-0.05, 0) is 42.8 Å². The minimum Gasteiger partial charge on any atom is -0.397 e. The number of rotatable bonds is 3. The molecule has 3 N–H and O–H groups in total. The van der Waals surface area contributed by atoms with Crippen LogP contribution in [0.25, 0.3) is 0 Å². The van der Waals surface area contributed by atoms with E-state index in [1.54, 1.807) is 0 Å². The lowest BCUT2D eigenvalue weighted by Gasteiger charge is -2.17. The average molecular weight is 326 g/mol. The zero-order valence-electron chi connectivity index (χ0n) is 9.95. The highest BCUT2D eigenvalue weighted by atomic mass is 79.9. The molecule has 0 bridgehead atoms. The van der Waals surface area contributed by atoms with Gasteiger partial charge in [-0.25, -0.2) is 0 Å². The van der Waals surface area contributed by atoms with Crippen LogP contribution in [-0.4, -0.2) is 0 Å². The molecule has 94 valence electrons. The van der Waals surface area contributed by atoms with Gasteiger partial charge in [-0.3, -0.25) is 0 Å². The van der Waals surface area contributed by atoms with Crippen LogP contribution in [0.2, 0.25) is 5.02 Å². The normalized spacial score (nSPS) is 12.2. The van der Waals surface area contributed by atoms with Gasteiger partial charge in [0.25, 0.3) is 0 Å². The van der Waals surface area contributed by atoms with E-state index in [0.717, 1.165) is 26.4 Å². The first kappa shape index (κ1) is 13.2. The van der Waals surface area contributed by atoms with E-state index in [9.17, 15) is 0 Å². The lowest BCUT2D eigenvalue weighted by atomic mass is 10.1. The van der Waals surface area contributed by atoms with Crippen molar-refractivity contribution in [1.82, 2.24) is 0 Å². The third kappa shape index (κ3) is 3.18. The summed E-state index contributed by atoms with van der Waals surface area (Å²) in [5.74, 6) is 0. The van der Waals surface area contributed by atoms with Crippen molar-refractivity contribution in [3.8, 4) is 0 Å². The second kappa shape index (κ2) is 5.63. The Morgan fingerprint density at radius 1 is 1.22 bits per heavy atom. The van der Waals surface area contributed by atoms with Gasteiger partial charge in [0.15, 0.2) is 0 Å². The van der Waals surface area contributed by atoms with Gasteiger partial charge in [0.1, 0.15) is 0 Å². The molecule has 0 saturated heterocycles. The van der Waals surface area contributed by atoms with E-state index in [1.807, 2.05) is 42.5 Å². The van der Waals surface area contributed by atoms with E-state index >= 15 is 0 Å². The Balaban J connectivity index is 2.18. The lowest BCUT2D eigenvalue weighted by molar-refractivity contribution is 0.885. The number of benzene rings is 2. The van der Waals surface area contributed by atoms with Crippen LogP contribution in [0.4, 0.5) is 11.4 Å². The molecule has 18 heavy (non-hydrogen) atoms. The molecule has 2 aromatic carbocycles. The van der Waals surface area contributed by atoms with E-state index in [-0.39, 0.29) is 6.04 Å². The predicted molar refractivity (Wildman–Crippen MR) is 82.0 cm³/mol. The molecule has 4 heteroatoms. The van der Waals surface area contributed by atoms with Gasteiger partial charge in [0.2, 0.25) is 0 Å². The monoisotopic (exact) mass is 324 g/mol. The van der Waals surface area contributed by atoms with Crippen LogP contribution in [-0.2, 0) is 0 Å². The molecule has 0 amide bonds. The summed E-state index contributed by atoms with van der Waals surface area (Å²) in [6, 6.07) is 13.8. The summed E-state index contributed by atoms with van der Waals surface area (Å²) in [6.45, 7) is 2.08. The van der Waals surface area contributed by atoms with Crippen molar-refractivity contribution in [2.75, 3.05) is 11.1 Å². The van der Waals surface area contributed by atoms with Crippen molar-refractivity contribution in [3.05, 3.63) is 57.5 Å². The molecular weight excluding hydrogens is 312 g/mol. The van der Waals surface area contributed by atoms with E-state index in [2.05, 4.69) is 28.2 Å². The molecule has 0 aliphatic heterocycles. The zero-order chi connectivity index (χ0) is 13.1. The highest BCUT2D eigenvalue weighted by molar-refractivity contribution is 9.10. The average Bonchev–Trinajstić information content (AvgIpc) is 2.32. The summed E-state index contributed by atoms with van der Waals surface area (Å²) in [4.78, 5) is 0. The highest BCUT2D eigenvalue weighted by Crippen LogP contribution is 2.27. The third-order valence-electron chi connectivity index (χ3n) is 2.73. The number of halogens is 2. The number of anilines is 2.